The van der Waals surface area contributed by atoms with Crippen LogP contribution in [0.15, 0.2) is 60.7 Å². The fourth-order valence-electron chi connectivity index (χ4n) is 3.47. The van der Waals surface area contributed by atoms with E-state index < -0.39 is 5.91 Å². The minimum Gasteiger partial charge on any atom is -0.319 e. The van der Waals surface area contributed by atoms with E-state index in [9.17, 15) is 9.18 Å². The highest BCUT2D eigenvalue weighted by Gasteiger charge is 2.20. The van der Waals surface area contributed by atoms with Crippen LogP contribution in [-0.4, -0.2) is 20.7 Å². The normalized spacial score (nSPS) is 10.9. The monoisotopic (exact) mass is 414 g/mol. The first-order valence-corrected chi connectivity index (χ1v) is 10.0. The zero-order chi connectivity index (χ0) is 22.1. The van der Waals surface area contributed by atoms with Gasteiger partial charge in [-0.2, -0.15) is 0 Å². The van der Waals surface area contributed by atoms with E-state index in [1.54, 1.807) is 16.8 Å². The Morgan fingerprint density at radius 2 is 1.68 bits per heavy atom. The van der Waals surface area contributed by atoms with Crippen molar-refractivity contribution in [1.29, 1.82) is 0 Å². The molecule has 156 valence electrons. The molecule has 0 aliphatic carbocycles. The summed E-state index contributed by atoms with van der Waals surface area (Å²) < 4.78 is 15.1. The van der Waals surface area contributed by atoms with Crippen LogP contribution in [0.4, 0.5) is 10.1 Å². The molecule has 0 fully saturated rings. The lowest BCUT2D eigenvalue weighted by Crippen LogP contribution is -2.15. The third kappa shape index (κ3) is 4.10. The van der Waals surface area contributed by atoms with Crippen LogP contribution in [0.1, 0.15) is 32.9 Å². The zero-order valence-electron chi connectivity index (χ0n) is 17.9. The standard InChI is InChI=1S/C25H23FN4O/c1-15-8-13-22(17(3)14-15)30-24(19-9-11-20(26)12-10-19)28-23(29-30)25(31)27-21-7-5-6-16(2)18(21)4/h5-14H,1-4H3,(H,27,31). The third-order valence-electron chi connectivity index (χ3n) is 5.35. The number of carbonyl (C=O) groups excluding carboxylic acids is 1. The molecule has 0 spiro atoms. The van der Waals surface area contributed by atoms with Crippen LogP contribution in [0.5, 0.6) is 0 Å². The van der Waals surface area contributed by atoms with Gasteiger partial charge in [-0.25, -0.2) is 14.1 Å². The van der Waals surface area contributed by atoms with Crippen LogP contribution < -0.4 is 5.32 Å². The summed E-state index contributed by atoms with van der Waals surface area (Å²) in [6.45, 7) is 7.94. The summed E-state index contributed by atoms with van der Waals surface area (Å²) in [5, 5.41) is 7.42. The van der Waals surface area contributed by atoms with Crippen molar-refractivity contribution in [2.24, 2.45) is 0 Å². The van der Waals surface area contributed by atoms with Gasteiger partial charge in [0, 0.05) is 11.3 Å². The molecule has 0 aliphatic heterocycles. The van der Waals surface area contributed by atoms with Crippen molar-refractivity contribution in [2.75, 3.05) is 5.32 Å². The predicted molar refractivity (Wildman–Crippen MR) is 120 cm³/mol. The number of amides is 1. The molecule has 31 heavy (non-hydrogen) atoms. The lowest BCUT2D eigenvalue weighted by molar-refractivity contribution is 0.101. The molecule has 0 aliphatic rings. The first-order valence-electron chi connectivity index (χ1n) is 10.0. The molecule has 0 radical (unpaired) electrons. The van der Waals surface area contributed by atoms with Crippen LogP contribution in [0.3, 0.4) is 0 Å². The smallest absolute Gasteiger partial charge is 0.295 e. The molecule has 1 amide bonds. The Morgan fingerprint density at radius 3 is 2.39 bits per heavy atom. The molecule has 1 N–H and O–H groups in total. The number of hydrogen-bond donors (Lipinski definition) is 1. The van der Waals surface area contributed by atoms with Gasteiger partial charge in [0.2, 0.25) is 5.82 Å². The Morgan fingerprint density at radius 1 is 0.935 bits per heavy atom. The van der Waals surface area contributed by atoms with Crippen LogP contribution in [0, 0.1) is 33.5 Å². The quantitative estimate of drug-likeness (QED) is 0.476. The summed E-state index contributed by atoms with van der Waals surface area (Å²) in [7, 11) is 0. The van der Waals surface area contributed by atoms with E-state index in [2.05, 4.69) is 15.4 Å². The molecule has 0 unspecified atom stereocenters. The molecule has 1 heterocycles. The van der Waals surface area contributed by atoms with Crippen molar-refractivity contribution in [3.8, 4) is 17.1 Å². The largest absolute Gasteiger partial charge is 0.319 e. The van der Waals surface area contributed by atoms with Gasteiger partial charge < -0.3 is 5.32 Å². The van der Waals surface area contributed by atoms with Crippen molar-refractivity contribution < 1.29 is 9.18 Å². The SMILES string of the molecule is Cc1ccc(-n2nc(C(=O)Nc3cccc(C)c3C)nc2-c2ccc(F)cc2)c(C)c1. The van der Waals surface area contributed by atoms with Crippen molar-refractivity contribution >= 4 is 11.6 Å². The van der Waals surface area contributed by atoms with Gasteiger partial charge in [-0.3, -0.25) is 4.79 Å². The van der Waals surface area contributed by atoms with E-state index in [1.807, 2.05) is 64.1 Å². The number of rotatable bonds is 4. The fraction of sp³-hybridized carbons (Fsp3) is 0.160. The predicted octanol–water partition coefficient (Wildman–Crippen LogP) is 5.56. The number of benzene rings is 3. The van der Waals surface area contributed by atoms with Crippen LogP contribution in [-0.2, 0) is 0 Å². The molecule has 4 rings (SSSR count). The van der Waals surface area contributed by atoms with E-state index in [4.69, 9.17) is 0 Å². The van der Waals surface area contributed by atoms with Crippen LogP contribution >= 0.6 is 0 Å². The first-order chi connectivity index (χ1) is 14.8. The summed E-state index contributed by atoms with van der Waals surface area (Å²) >= 11 is 0. The van der Waals surface area contributed by atoms with Gasteiger partial charge >= 0.3 is 0 Å². The van der Waals surface area contributed by atoms with E-state index in [0.717, 1.165) is 33.6 Å². The second kappa shape index (κ2) is 8.14. The molecule has 5 nitrogen and oxygen atoms in total. The Bertz CT molecular complexity index is 1280. The van der Waals surface area contributed by atoms with E-state index >= 15 is 0 Å². The van der Waals surface area contributed by atoms with Gasteiger partial charge in [0.05, 0.1) is 5.69 Å². The number of anilines is 1. The molecule has 0 atom stereocenters. The highest BCUT2D eigenvalue weighted by Crippen LogP contribution is 2.25. The van der Waals surface area contributed by atoms with Crippen molar-refractivity contribution in [1.82, 2.24) is 14.8 Å². The van der Waals surface area contributed by atoms with Crippen molar-refractivity contribution in [3.05, 3.63) is 94.6 Å². The number of hydrogen-bond acceptors (Lipinski definition) is 3. The van der Waals surface area contributed by atoms with Gasteiger partial charge in [0.1, 0.15) is 5.82 Å². The Labute approximate surface area is 180 Å². The minimum atomic E-state index is -0.402. The van der Waals surface area contributed by atoms with E-state index in [-0.39, 0.29) is 11.6 Å². The number of aromatic nitrogens is 3. The van der Waals surface area contributed by atoms with Gasteiger partial charge in [0.25, 0.3) is 5.91 Å². The van der Waals surface area contributed by atoms with Gasteiger partial charge in [0.15, 0.2) is 5.82 Å². The average molecular weight is 414 g/mol. The summed E-state index contributed by atoms with van der Waals surface area (Å²) in [6.07, 6.45) is 0. The molecule has 1 aromatic heterocycles. The number of carbonyl (C=O) groups is 1. The van der Waals surface area contributed by atoms with Crippen LogP contribution in [0.2, 0.25) is 0 Å². The third-order valence-corrected chi connectivity index (χ3v) is 5.35. The number of halogens is 1. The molecule has 0 bridgehead atoms. The Kier molecular flexibility index (Phi) is 5.38. The maximum Gasteiger partial charge on any atom is 0.295 e. The topological polar surface area (TPSA) is 59.8 Å². The maximum absolute atomic E-state index is 13.5. The van der Waals surface area contributed by atoms with Gasteiger partial charge in [-0.1, -0.05) is 29.8 Å². The molecule has 3 aromatic carbocycles. The lowest BCUT2D eigenvalue weighted by Gasteiger charge is -2.10. The number of nitrogens with one attached hydrogen (secondary N) is 1. The highest BCUT2D eigenvalue weighted by molar-refractivity contribution is 6.02. The summed E-state index contributed by atoms with van der Waals surface area (Å²) in [5.41, 5.74) is 6.38. The molecular formula is C25H23FN4O. The van der Waals surface area contributed by atoms with Gasteiger partial charge in [-0.05, 0) is 80.8 Å². The lowest BCUT2D eigenvalue weighted by atomic mass is 10.1. The number of aryl methyl sites for hydroxylation is 3. The molecule has 6 heteroatoms. The first kappa shape index (κ1) is 20.5. The molecule has 4 aromatic rings. The van der Waals surface area contributed by atoms with E-state index in [0.29, 0.717) is 11.4 Å². The number of nitrogens with zero attached hydrogens (tertiary/aromatic N) is 3. The zero-order valence-corrected chi connectivity index (χ0v) is 17.9. The van der Waals surface area contributed by atoms with Crippen LogP contribution in [0.25, 0.3) is 17.1 Å². The summed E-state index contributed by atoms with van der Waals surface area (Å²) in [6, 6.07) is 17.7. The Balaban J connectivity index is 1.80. The summed E-state index contributed by atoms with van der Waals surface area (Å²) in [5.74, 6) is -0.229. The second-order valence-corrected chi connectivity index (χ2v) is 7.67. The van der Waals surface area contributed by atoms with Crippen molar-refractivity contribution in [3.63, 3.8) is 0 Å². The highest BCUT2D eigenvalue weighted by atomic mass is 19.1. The maximum atomic E-state index is 13.5. The van der Waals surface area contributed by atoms with E-state index in [1.165, 1.54) is 12.1 Å². The second-order valence-electron chi connectivity index (χ2n) is 7.67. The molecule has 0 saturated heterocycles. The Hall–Kier alpha value is -3.80. The van der Waals surface area contributed by atoms with Crippen molar-refractivity contribution in [2.45, 2.75) is 27.7 Å². The molecule has 0 saturated carbocycles. The molecular weight excluding hydrogens is 391 g/mol. The average Bonchev–Trinajstić information content (AvgIpc) is 3.17. The summed E-state index contributed by atoms with van der Waals surface area (Å²) in [4.78, 5) is 17.5. The minimum absolute atomic E-state index is 0.0419. The fourth-order valence-corrected chi connectivity index (χ4v) is 3.47. The van der Waals surface area contributed by atoms with Gasteiger partial charge in [-0.15, -0.1) is 5.10 Å².